The normalized spacial score (nSPS) is 12.2. The number of ether oxygens (including phenoxy) is 2. The first-order chi connectivity index (χ1) is 34.5. The van der Waals surface area contributed by atoms with E-state index in [4.69, 9.17) is 22.4 Å². The number of hydrogen-bond acceptors (Lipinski definition) is 11. The minimum Gasteiger partial charge on any atom is -0.850 e. The van der Waals surface area contributed by atoms with Gasteiger partial charge in [0.05, 0.1) is 55.9 Å². The average Bonchev–Trinajstić information content (AvgIpc) is 3.87. The third-order valence-corrected chi connectivity index (χ3v) is 10.2. The van der Waals surface area contributed by atoms with Crippen molar-refractivity contribution in [3.05, 3.63) is 118 Å². The van der Waals surface area contributed by atoms with E-state index < -0.39 is 47.8 Å². The maximum atomic E-state index is 13.6. The molecule has 394 valence electrons. The van der Waals surface area contributed by atoms with Crippen LogP contribution in [0.25, 0.3) is 21.8 Å². The van der Waals surface area contributed by atoms with Gasteiger partial charge in [-0.1, -0.05) is 32.9 Å². The van der Waals surface area contributed by atoms with Gasteiger partial charge in [0.25, 0.3) is 11.8 Å². The van der Waals surface area contributed by atoms with E-state index in [-0.39, 0.29) is 86.5 Å². The number of aromatic nitrogens is 4. The van der Waals surface area contributed by atoms with Gasteiger partial charge in [-0.25, -0.2) is 27.5 Å². The van der Waals surface area contributed by atoms with E-state index in [0.29, 0.717) is 35.9 Å². The Kier molecular flexibility index (Phi) is 30.6. The molecule has 24 heteroatoms. The van der Waals surface area contributed by atoms with Crippen LogP contribution in [-0.4, -0.2) is 114 Å². The van der Waals surface area contributed by atoms with E-state index in [0.717, 1.165) is 57.2 Å². The van der Waals surface area contributed by atoms with Crippen LogP contribution in [0.15, 0.2) is 82.8 Å². The predicted molar refractivity (Wildman–Crippen MR) is 282 cm³/mol. The Balaban J connectivity index is 0.000000602. The first-order valence-electron chi connectivity index (χ1n) is 22.4. The molecule has 2 amide bonds. The topological polar surface area (TPSA) is 195 Å². The molecular weight excluding hydrogens is 1040 g/mol. The second-order valence-corrected chi connectivity index (χ2v) is 18.7. The quantitative estimate of drug-likeness (QED) is 0.0267. The SMILES string of the molecule is CC(C)(C)[O-].COC[C@H](C)N=C(NC(=O)c1ccc(F)c(F)c1)Nc1n[nH]c2cc(C)ccc12.COC[C@H](C)N=C(NC(=O)c1ccc(F)c(F)c1)Nc1nn(CSC)c2cc(C)ccc12.CSCCl.[2H]CF.[K+]. The summed E-state index contributed by atoms with van der Waals surface area (Å²) in [7, 11) is 2.10. The largest absolute Gasteiger partial charge is 1.00 e. The fourth-order valence-electron chi connectivity index (χ4n) is 5.87. The number of aliphatic imine (C=N–C) groups is 2. The van der Waals surface area contributed by atoms with Gasteiger partial charge in [-0.3, -0.25) is 34.4 Å². The molecule has 0 aliphatic heterocycles. The number of aryl methyl sites for hydroxylation is 2. The van der Waals surface area contributed by atoms with Crippen molar-refractivity contribution >= 4 is 92.3 Å². The number of alkyl halides is 2. The number of benzene rings is 4. The summed E-state index contributed by atoms with van der Waals surface area (Å²) >= 11 is 8.40. The summed E-state index contributed by atoms with van der Waals surface area (Å²) in [6.45, 7) is 13.1. The number of anilines is 2. The number of carbonyl (C=O) groups excluding carboxylic acids is 2. The Morgan fingerprint density at radius 1 is 0.781 bits per heavy atom. The molecule has 2 heterocycles. The molecule has 0 fully saturated rings. The molecule has 0 aliphatic rings. The fraction of sp³-hybridized carbons (Fsp3) is 0.388. The third-order valence-electron chi connectivity index (χ3n) is 8.80. The van der Waals surface area contributed by atoms with Crippen molar-refractivity contribution in [1.29, 1.82) is 0 Å². The second kappa shape index (κ2) is 34.4. The number of aromatic amines is 1. The van der Waals surface area contributed by atoms with Crippen molar-refractivity contribution < 1.29 is 98.9 Å². The number of carbonyl (C=O) groups is 2. The van der Waals surface area contributed by atoms with Crippen LogP contribution in [0.4, 0.5) is 33.6 Å². The number of rotatable bonds is 13. The Hall–Kier alpha value is -4.14. The van der Waals surface area contributed by atoms with Crippen LogP contribution in [0.5, 0.6) is 0 Å². The number of nitrogens with one attached hydrogen (secondary N) is 5. The summed E-state index contributed by atoms with van der Waals surface area (Å²) in [5, 5.41) is 35.6. The predicted octanol–water partition coefficient (Wildman–Crippen LogP) is 6.84. The molecule has 0 bridgehead atoms. The van der Waals surface area contributed by atoms with Crippen molar-refractivity contribution in [3.8, 4) is 0 Å². The van der Waals surface area contributed by atoms with Gasteiger partial charge in [0.1, 0.15) is 0 Å². The molecule has 6 rings (SSSR count). The first-order valence-corrected chi connectivity index (χ1v) is 25.1. The van der Waals surface area contributed by atoms with Crippen molar-refractivity contribution in [2.24, 2.45) is 9.98 Å². The van der Waals surface area contributed by atoms with Crippen LogP contribution in [0.3, 0.4) is 0 Å². The number of fused-ring (bicyclic) bond motifs is 2. The molecule has 0 aliphatic carbocycles. The maximum Gasteiger partial charge on any atom is 1.00 e. The molecule has 2 atom stereocenters. The van der Waals surface area contributed by atoms with Crippen LogP contribution < -0.4 is 77.8 Å². The molecular formula is C49H63ClF5KN10O5S2. The van der Waals surface area contributed by atoms with Gasteiger partial charge in [-0.15, -0.1) is 40.7 Å². The molecule has 15 nitrogen and oxygen atoms in total. The van der Waals surface area contributed by atoms with E-state index in [9.17, 15) is 36.6 Å². The molecule has 0 saturated heterocycles. The molecule has 2 aromatic heterocycles. The van der Waals surface area contributed by atoms with Crippen molar-refractivity contribution in [2.75, 3.05) is 62.9 Å². The Bertz CT molecular complexity index is 2750. The zero-order chi connectivity index (χ0) is 54.8. The minimum atomic E-state index is -1.11. The minimum absolute atomic E-state index is 0. The third kappa shape index (κ3) is 23.9. The van der Waals surface area contributed by atoms with Gasteiger partial charge in [0.15, 0.2) is 34.9 Å². The molecule has 0 saturated carbocycles. The Morgan fingerprint density at radius 3 is 1.64 bits per heavy atom. The molecule has 4 aromatic carbocycles. The number of nitrogens with zero attached hydrogens (tertiary/aromatic N) is 5. The summed E-state index contributed by atoms with van der Waals surface area (Å²) in [5.41, 5.74) is 3.11. The number of thioether (sulfide) groups is 2. The van der Waals surface area contributed by atoms with Crippen LogP contribution >= 0.6 is 35.1 Å². The summed E-state index contributed by atoms with van der Waals surface area (Å²) in [6, 6.07) is 17.0. The van der Waals surface area contributed by atoms with Crippen molar-refractivity contribution in [2.45, 2.75) is 72.0 Å². The van der Waals surface area contributed by atoms with E-state index in [1.165, 1.54) is 12.1 Å². The number of methoxy groups -OCH3 is 2. The molecule has 73 heavy (non-hydrogen) atoms. The van der Waals surface area contributed by atoms with Crippen molar-refractivity contribution in [3.63, 3.8) is 0 Å². The monoisotopic (exact) mass is 1110 g/mol. The van der Waals surface area contributed by atoms with Gasteiger partial charge in [0, 0.05) is 36.1 Å². The molecule has 0 spiro atoms. The Labute approximate surface area is 480 Å². The number of hydrogen-bond donors (Lipinski definition) is 5. The van der Waals surface area contributed by atoms with E-state index in [1.54, 1.807) is 65.4 Å². The summed E-state index contributed by atoms with van der Waals surface area (Å²) in [5.74, 6) is -3.67. The van der Waals surface area contributed by atoms with Crippen LogP contribution in [0.2, 0.25) is 0 Å². The first kappa shape index (κ1) is 65.0. The molecule has 0 radical (unpaired) electrons. The van der Waals surface area contributed by atoms with E-state index in [1.807, 2.05) is 74.4 Å². The summed E-state index contributed by atoms with van der Waals surface area (Å²) in [6.07, 6.45) is 3.95. The van der Waals surface area contributed by atoms with Crippen LogP contribution in [0, 0.1) is 37.1 Å². The average molecular weight is 1110 g/mol. The second-order valence-electron chi connectivity index (χ2n) is 16.4. The smallest absolute Gasteiger partial charge is 0.850 e. The number of amides is 2. The maximum absolute atomic E-state index is 13.6. The molecule has 0 unspecified atom stereocenters. The zero-order valence-electron chi connectivity index (χ0n) is 44.0. The summed E-state index contributed by atoms with van der Waals surface area (Å²) < 4.78 is 81.0. The van der Waals surface area contributed by atoms with Crippen LogP contribution in [-0.2, 0) is 15.4 Å². The van der Waals surface area contributed by atoms with Crippen molar-refractivity contribution in [1.82, 2.24) is 30.6 Å². The number of guanidine groups is 2. The Morgan fingerprint density at radius 2 is 1.22 bits per heavy atom. The standard InChI is InChI=1S/C22H25F2N5O2S.C20H21F2N5O2.C4H9O.C2H5ClS.CH3F.K/c1-13-5-7-16-19(9-13)29(12-32-4)28-20(16)26-22(25-14(2)11-31-3)27-21(30)15-6-8-17(23)18(24)10-15;1-11-4-6-14-17(8-11)26-27-18(14)24-20(23-12(2)10-29-3)25-19(28)13-5-7-15(21)16(22)9-13;1-4(2,3)5;1-4-2-3;1-2;/h5-10,14H,11-12H2,1-4H3,(H2,25,26,27,28,30);4-9,12H,10H2,1-3H3,(H3,23,24,25,26,27,28);1-3H3;2H2,1H3;1H3;/q;;-1;;;+1/t14-;12-;;;;/m00..../s1/i;;;;1D;. The van der Waals surface area contributed by atoms with E-state index in [2.05, 4.69) is 46.5 Å². The zero-order valence-corrected chi connectivity index (χ0v) is 48.5. The summed E-state index contributed by atoms with van der Waals surface area (Å²) in [4.78, 5) is 34.1. The van der Waals surface area contributed by atoms with Gasteiger partial charge in [-0.2, -0.15) is 10.2 Å². The van der Waals surface area contributed by atoms with Crippen LogP contribution in [0.1, 0.15) is 67.8 Å². The van der Waals surface area contributed by atoms with Gasteiger partial charge >= 0.3 is 51.4 Å². The number of halogens is 6. The van der Waals surface area contributed by atoms with E-state index >= 15 is 0 Å². The van der Waals surface area contributed by atoms with Gasteiger partial charge < -0.3 is 25.2 Å². The molecule has 6 aromatic rings. The number of H-pyrrole nitrogens is 1. The van der Waals surface area contributed by atoms with Gasteiger partial charge in [0.2, 0.25) is 11.9 Å². The molecule has 5 N–H and O–H groups in total. The van der Waals surface area contributed by atoms with Gasteiger partial charge in [-0.05, 0) is 112 Å². The fourth-order valence-corrected chi connectivity index (χ4v) is 6.31.